The van der Waals surface area contributed by atoms with Crippen molar-refractivity contribution in [2.75, 3.05) is 12.7 Å². The summed E-state index contributed by atoms with van der Waals surface area (Å²) in [6.07, 6.45) is 2.78. The molecule has 0 saturated carbocycles. The largest absolute Gasteiger partial charge is 0.401 e. The first-order chi connectivity index (χ1) is 7.56. The van der Waals surface area contributed by atoms with Crippen LogP contribution >= 0.6 is 8.73 Å². The van der Waals surface area contributed by atoms with Gasteiger partial charge in [-0.05, 0) is 29.3 Å². The molecule has 0 spiro atoms. The minimum atomic E-state index is 0.443. The minimum Gasteiger partial charge on any atom is -0.401 e. The van der Waals surface area contributed by atoms with Gasteiger partial charge < -0.3 is 10.4 Å². The maximum absolute atomic E-state index is 5.54. The summed E-state index contributed by atoms with van der Waals surface area (Å²) in [5.74, 6) is 0.993. The lowest BCUT2D eigenvalue weighted by Crippen LogP contribution is -2.26. The molecule has 1 heterocycles. The van der Waals surface area contributed by atoms with Gasteiger partial charge in [0.05, 0.1) is 6.54 Å². The van der Waals surface area contributed by atoms with Crippen LogP contribution in [0.4, 0.5) is 0 Å². The van der Waals surface area contributed by atoms with E-state index in [0.717, 1.165) is 26.3 Å². The first-order valence-electron chi connectivity index (χ1n) is 5.22. The van der Waals surface area contributed by atoms with Gasteiger partial charge in [-0.25, -0.2) is 0 Å². The van der Waals surface area contributed by atoms with E-state index in [9.17, 15) is 0 Å². The molecule has 0 radical (unpaired) electrons. The van der Waals surface area contributed by atoms with Gasteiger partial charge >= 0.3 is 0 Å². The molecular weight excluding hydrogens is 219 g/mol. The molecule has 0 bridgehead atoms. The molecule has 2 N–H and O–H groups in total. The van der Waals surface area contributed by atoms with E-state index in [1.165, 1.54) is 0 Å². The molecule has 0 amide bonds. The van der Waals surface area contributed by atoms with Crippen LogP contribution < -0.4 is 5.73 Å². The van der Waals surface area contributed by atoms with Gasteiger partial charge in [0, 0.05) is 29.7 Å². The molecule has 4 nitrogen and oxygen atoms in total. The highest BCUT2D eigenvalue weighted by molar-refractivity contribution is 7.37. The van der Waals surface area contributed by atoms with E-state index in [4.69, 9.17) is 5.73 Å². The quantitative estimate of drug-likeness (QED) is 0.599. The number of amidine groups is 1. The summed E-state index contributed by atoms with van der Waals surface area (Å²) in [7, 11) is 0.730. The minimum absolute atomic E-state index is 0.443. The topological polar surface area (TPSA) is 54.0 Å². The summed E-state index contributed by atoms with van der Waals surface area (Å²) < 4.78 is 2.28. The van der Waals surface area contributed by atoms with Crippen LogP contribution in [0.25, 0.3) is 0 Å². The highest BCUT2D eigenvalue weighted by Crippen LogP contribution is 2.35. The van der Waals surface area contributed by atoms with Gasteiger partial charge in [-0.3, -0.25) is 9.98 Å². The number of hydrogen-bond donors (Lipinski definition) is 1. The second-order valence-corrected chi connectivity index (χ2v) is 5.09. The van der Waals surface area contributed by atoms with E-state index in [2.05, 4.69) is 41.8 Å². The predicted molar refractivity (Wildman–Crippen MR) is 73.4 cm³/mol. The Bertz CT molecular complexity index is 344. The zero-order chi connectivity index (χ0) is 12.1. The summed E-state index contributed by atoms with van der Waals surface area (Å²) in [5.41, 5.74) is 7.26. The van der Waals surface area contributed by atoms with Crippen LogP contribution in [-0.4, -0.2) is 36.0 Å². The Hall–Kier alpha value is -1.15. The summed E-state index contributed by atoms with van der Waals surface area (Å²) in [6, 6.07) is 0.443. The van der Waals surface area contributed by atoms with E-state index in [0.29, 0.717) is 18.3 Å². The number of nitrogens with zero attached hydrogens (tertiary/aromatic N) is 3. The third kappa shape index (κ3) is 3.17. The first kappa shape index (κ1) is 12.9. The molecule has 0 aromatic heterocycles. The number of aliphatic imine (C=N–C) groups is 2. The van der Waals surface area contributed by atoms with Crippen molar-refractivity contribution >= 4 is 21.3 Å². The highest BCUT2D eigenvalue weighted by atomic mass is 31.1. The van der Waals surface area contributed by atoms with E-state index < -0.39 is 0 Å². The average Bonchev–Trinajstić information content (AvgIpc) is 2.58. The van der Waals surface area contributed by atoms with E-state index in [1.54, 1.807) is 6.20 Å². The van der Waals surface area contributed by atoms with Gasteiger partial charge in [0.15, 0.2) is 0 Å². The van der Waals surface area contributed by atoms with E-state index in [-0.39, 0.29) is 0 Å². The Morgan fingerprint density at radius 1 is 1.69 bits per heavy atom. The van der Waals surface area contributed by atoms with Crippen molar-refractivity contribution in [2.45, 2.75) is 19.9 Å². The lowest BCUT2D eigenvalue weighted by molar-refractivity contribution is 0.549. The molecule has 0 aliphatic carbocycles. The number of hydrogen-bond acceptors (Lipinski definition) is 3. The summed E-state index contributed by atoms with van der Waals surface area (Å²) in [5, 5.41) is 0. The third-order valence-electron chi connectivity index (χ3n) is 2.15. The Kier molecular flexibility index (Phi) is 4.69. The molecule has 0 aromatic rings. The van der Waals surface area contributed by atoms with Crippen molar-refractivity contribution in [3.63, 3.8) is 0 Å². The number of nitrogens with two attached hydrogens (primary N) is 1. The molecule has 88 valence electrons. The monoisotopic (exact) mass is 238 g/mol. The molecule has 1 rings (SSSR count). The van der Waals surface area contributed by atoms with Gasteiger partial charge in [-0.2, -0.15) is 0 Å². The van der Waals surface area contributed by atoms with Crippen LogP contribution in [0.5, 0.6) is 0 Å². The summed E-state index contributed by atoms with van der Waals surface area (Å²) >= 11 is 0. The molecule has 1 fully saturated rings. The molecule has 0 aromatic carbocycles. The predicted octanol–water partition coefficient (Wildman–Crippen LogP) is 1.76. The fourth-order valence-corrected chi connectivity index (χ4v) is 2.79. The third-order valence-corrected chi connectivity index (χ3v) is 3.76. The smallest absolute Gasteiger partial charge is 0.132 e. The van der Waals surface area contributed by atoms with Gasteiger partial charge in [0.2, 0.25) is 0 Å². The fourth-order valence-electron chi connectivity index (χ4n) is 1.47. The Morgan fingerprint density at radius 3 is 2.88 bits per heavy atom. The summed E-state index contributed by atoms with van der Waals surface area (Å²) in [6.45, 7) is 11.9. The van der Waals surface area contributed by atoms with Crippen molar-refractivity contribution in [3.05, 3.63) is 24.0 Å². The van der Waals surface area contributed by atoms with Crippen molar-refractivity contribution < 1.29 is 0 Å². The molecular formula is C11H19N4P. The number of rotatable bonds is 4. The normalized spacial score (nSPS) is 22.6. The second-order valence-electron chi connectivity index (χ2n) is 3.93. The van der Waals surface area contributed by atoms with Crippen LogP contribution in [0.3, 0.4) is 0 Å². The molecule has 1 aliphatic rings. The molecule has 16 heavy (non-hydrogen) atoms. The van der Waals surface area contributed by atoms with Gasteiger partial charge in [-0.15, -0.1) is 0 Å². The molecule has 5 heteroatoms. The van der Waals surface area contributed by atoms with Gasteiger partial charge in [-0.1, -0.05) is 6.58 Å². The zero-order valence-corrected chi connectivity index (χ0v) is 10.9. The Morgan fingerprint density at radius 2 is 2.38 bits per heavy atom. The highest BCUT2D eigenvalue weighted by Gasteiger charge is 2.25. The SMILES string of the molecule is C=N/C=C1/CPN(C(C)C)C1=NCC(=C)N. The van der Waals surface area contributed by atoms with Crippen LogP contribution in [0, 0.1) is 0 Å². The van der Waals surface area contributed by atoms with Crippen molar-refractivity contribution in [1.29, 1.82) is 0 Å². The maximum atomic E-state index is 5.54. The van der Waals surface area contributed by atoms with Crippen molar-refractivity contribution in [1.82, 2.24) is 4.67 Å². The fraction of sp³-hybridized carbons (Fsp3) is 0.455. The zero-order valence-electron chi connectivity index (χ0n) is 9.90. The van der Waals surface area contributed by atoms with Crippen molar-refractivity contribution in [2.24, 2.45) is 15.7 Å². The molecule has 1 saturated heterocycles. The lowest BCUT2D eigenvalue weighted by Gasteiger charge is -2.22. The molecule has 1 unspecified atom stereocenters. The van der Waals surface area contributed by atoms with E-state index in [1.807, 2.05) is 0 Å². The van der Waals surface area contributed by atoms with Crippen LogP contribution in [0.15, 0.2) is 34.0 Å². The molecule has 1 atom stereocenters. The van der Waals surface area contributed by atoms with E-state index >= 15 is 0 Å². The van der Waals surface area contributed by atoms with Crippen molar-refractivity contribution in [3.8, 4) is 0 Å². The first-order valence-corrected chi connectivity index (χ1v) is 6.37. The van der Waals surface area contributed by atoms with Gasteiger partial charge in [0.1, 0.15) is 5.84 Å². The van der Waals surface area contributed by atoms with Gasteiger partial charge in [0.25, 0.3) is 0 Å². The van der Waals surface area contributed by atoms with Crippen LogP contribution in [0.1, 0.15) is 13.8 Å². The van der Waals surface area contributed by atoms with Crippen LogP contribution in [-0.2, 0) is 0 Å². The Labute approximate surface area is 98.9 Å². The Balaban J connectivity index is 2.92. The summed E-state index contributed by atoms with van der Waals surface area (Å²) in [4.78, 5) is 8.31. The molecule has 1 aliphatic heterocycles. The van der Waals surface area contributed by atoms with Crippen LogP contribution in [0.2, 0.25) is 0 Å². The lowest BCUT2D eigenvalue weighted by atomic mass is 10.2. The maximum Gasteiger partial charge on any atom is 0.132 e. The second kappa shape index (κ2) is 5.80. The standard InChI is InChI=1S/C11H19N4P/c1-8(2)15-11(14-5-9(3)12)10(6-13-4)7-16-15/h6,8,16H,3-5,7,12H2,1-2H3/b10-6-,14-11?. The average molecular weight is 238 g/mol.